The smallest absolute Gasteiger partial charge is 0.325 e. The van der Waals surface area contributed by atoms with Crippen LogP contribution >= 0.6 is 0 Å². The second-order valence-electron chi connectivity index (χ2n) is 3.66. The Balaban J connectivity index is 2.72. The molecule has 0 saturated heterocycles. The minimum absolute atomic E-state index is 0.432. The summed E-state index contributed by atoms with van der Waals surface area (Å²) in [4.78, 5) is 10.6. The molecule has 3 N–H and O–H groups in total. The molecule has 0 spiro atoms. The lowest BCUT2D eigenvalue weighted by Gasteiger charge is -2.11. The van der Waals surface area contributed by atoms with Crippen molar-refractivity contribution in [2.75, 3.05) is 16.3 Å². The zero-order valence-electron chi connectivity index (χ0n) is 9.47. The van der Waals surface area contributed by atoms with E-state index in [0.717, 1.165) is 6.26 Å². The number of rotatable bonds is 5. The summed E-state index contributed by atoms with van der Waals surface area (Å²) >= 11 is 0. The Labute approximate surface area is 99.7 Å². The van der Waals surface area contributed by atoms with Crippen molar-refractivity contribution >= 4 is 27.4 Å². The Kier molecular flexibility index (Phi) is 3.95. The molecule has 1 aromatic carbocycles. The van der Waals surface area contributed by atoms with Gasteiger partial charge in [0.05, 0.1) is 6.26 Å². The molecular formula is C10H14N2O4S. The fourth-order valence-corrected chi connectivity index (χ4v) is 1.72. The summed E-state index contributed by atoms with van der Waals surface area (Å²) in [6.07, 6.45) is 1.06. The topological polar surface area (TPSA) is 95.5 Å². The molecule has 0 amide bonds. The van der Waals surface area contributed by atoms with Crippen molar-refractivity contribution in [1.82, 2.24) is 0 Å². The van der Waals surface area contributed by atoms with Gasteiger partial charge in [0.15, 0.2) is 0 Å². The van der Waals surface area contributed by atoms with Crippen LogP contribution in [0.25, 0.3) is 0 Å². The van der Waals surface area contributed by atoms with Gasteiger partial charge in [-0.2, -0.15) is 0 Å². The molecule has 0 radical (unpaired) electrons. The van der Waals surface area contributed by atoms with Crippen LogP contribution in [0.3, 0.4) is 0 Å². The van der Waals surface area contributed by atoms with E-state index in [4.69, 9.17) is 5.11 Å². The molecule has 0 heterocycles. The number of carbonyl (C=O) groups is 1. The van der Waals surface area contributed by atoms with Gasteiger partial charge >= 0.3 is 5.97 Å². The highest BCUT2D eigenvalue weighted by Crippen LogP contribution is 2.15. The number of anilines is 2. The Morgan fingerprint density at radius 1 is 1.24 bits per heavy atom. The number of sulfonamides is 1. The van der Waals surface area contributed by atoms with Crippen molar-refractivity contribution in [3.8, 4) is 0 Å². The average Bonchev–Trinajstić information content (AvgIpc) is 2.18. The maximum absolute atomic E-state index is 10.9. The van der Waals surface area contributed by atoms with Gasteiger partial charge in [-0.15, -0.1) is 0 Å². The third kappa shape index (κ3) is 4.73. The predicted molar refractivity (Wildman–Crippen MR) is 65.6 cm³/mol. The van der Waals surface area contributed by atoms with Crippen LogP contribution in [0.1, 0.15) is 6.92 Å². The van der Waals surface area contributed by atoms with E-state index >= 15 is 0 Å². The molecule has 1 rings (SSSR count). The molecule has 0 fully saturated rings. The summed E-state index contributed by atoms with van der Waals surface area (Å²) in [7, 11) is -3.29. The van der Waals surface area contributed by atoms with Crippen LogP contribution < -0.4 is 10.0 Å². The maximum Gasteiger partial charge on any atom is 0.325 e. The molecule has 7 heteroatoms. The Morgan fingerprint density at radius 3 is 2.12 bits per heavy atom. The zero-order valence-corrected chi connectivity index (χ0v) is 10.3. The summed E-state index contributed by atoms with van der Waals surface area (Å²) in [5, 5.41) is 11.5. The lowest BCUT2D eigenvalue weighted by Crippen LogP contribution is -2.25. The van der Waals surface area contributed by atoms with Crippen molar-refractivity contribution < 1.29 is 18.3 Å². The van der Waals surface area contributed by atoms with E-state index in [9.17, 15) is 13.2 Å². The molecule has 1 aromatic rings. The Morgan fingerprint density at radius 2 is 1.71 bits per heavy atom. The van der Waals surface area contributed by atoms with Gasteiger partial charge in [0.25, 0.3) is 0 Å². The molecule has 94 valence electrons. The Hall–Kier alpha value is -1.76. The molecular weight excluding hydrogens is 244 g/mol. The normalized spacial score (nSPS) is 12.8. The van der Waals surface area contributed by atoms with E-state index in [1.165, 1.54) is 6.92 Å². The van der Waals surface area contributed by atoms with Gasteiger partial charge in [-0.1, -0.05) is 0 Å². The minimum Gasteiger partial charge on any atom is -0.480 e. The molecule has 6 nitrogen and oxygen atoms in total. The summed E-state index contributed by atoms with van der Waals surface area (Å²) in [5.74, 6) is -0.955. The molecule has 1 atom stereocenters. The molecule has 17 heavy (non-hydrogen) atoms. The van der Waals surface area contributed by atoms with Gasteiger partial charge in [0, 0.05) is 11.4 Å². The summed E-state index contributed by atoms with van der Waals surface area (Å²) in [6, 6.07) is 5.61. The van der Waals surface area contributed by atoms with Crippen LogP contribution in [0.5, 0.6) is 0 Å². The average molecular weight is 258 g/mol. The van der Waals surface area contributed by atoms with Crippen molar-refractivity contribution in [2.24, 2.45) is 0 Å². The predicted octanol–water partition coefficient (Wildman–Crippen LogP) is 0.943. The van der Waals surface area contributed by atoms with Crippen LogP contribution in [0, 0.1) is 0 Å². The molecule has 0 aromatic heterocycles. The van der Waals surface area contributed by atoms with Crippen molar-refractivity contribution in [3.63, 3.8) is 0 Å². The van der Waals surface area contributed by atoms with Crippen molar-refractivity contribution in [2.45, 2.75) is 13.0 Å². The van der Waals surface area contributed by atoms with Gasteiger partial charge in [-0.25, -0.2) is 8.42 Å². The second kappa shape index (κ2) is 5.05. The van der Waals surface area contributed by atoms with Crippen molar-refractivity contribution in [1.29, 1.82) is 0 Å². The monoisotopic (exact) mass is 258 g/mol. The molecule has 0 saturated carbocycles. The highest BCUT2D eigenvalue weighted by Gasteiger charge is 2.09. The highest BCUT2D eigenvalue weighted by molar-refractivity contribution is 7.92. The van der Waals surface area contributed by atoms with Gasteiger partial charge in [0.2, 0.25) is 10.0 Å². The number of hydrogen-bond acceptors (Lipinski definition) is 4. The third-order valence-corrected chi connectivity index (χ3v) is 2.55. The van der Waals surface area contributed by atoms with E-state index < -0.39 is 22.0 Å². The number of aliphatic carboxylic acids is 1. The van der Waals surface area contributed by atoms with E-state index in [1.807, 2.05) is 0 Å². The minimum atomic E-state index is -3.29. The highest BCUT2D eigenvalue weighted by atomic mass is 32.2. The molecule has 0 bridgehead atoms. The number of hydrogen-bond donors (Lipinski definition) is 3. The third-order valence-electron chi connectivity index (χ3n) is 1.94. The summed E-state index contributed by atoms with van der Waals surface area (Å²) < 4.78 is 24.2. The zero-order chi connectivity index (χ0) is 13.1. The molecule has 0 aliphatic rings. The van der Waals surface area contributed by atoms with Crippen LogP contribution in [-0.2, 0) is 14.8 Å². The Bertz CT molecular complexity index is 496. The number of carboxylic acid groups (broad SMARTS) is 1. The summed E-state index contributed by atoms with van der Waals surface area (Å²) in [6.45, 7) is 1.52. The lowest BCUT2D eigenvalue weighted by atomic mass is 10.2. The first kappa shape index (κ1) is 13.3. The molecule has 0 aliphatic heterocycles. The largest absolute Gasteiger partial charge is 0.480 e. The fourth-order valence-electron chi connectivity index (χ4n) is 1.16. The second-order valence-corrected chi connectivity index (χ2v) is 5.40. The standard InChI is InChI=1S/C10H14N2O4S/c1-7(10(13)14)11-8-3-5-9(6-4-8)12-17(2,15)16/h3-7,11-12H,1-2H3,(H,13,14). The lowest BCUT2D eigenvalue weighted by molar-refractivity contribution is -0.137. The van der Waals surface area contributed by atoms with Crippen molar-refractivity contribution in [3.05, 3.63) is 24.3 Å². The van der Waals surface area contributed by atoms with Gasteiger partial charge in [-0.3, -0.25) is 9.52 Å². The fraction of sp³-hybridized carbons (Fsp3) is 0.300. The van der Waals surface area contributed by atoms with Crippen LogP contribution in [0.15, 0.2) is 24.3 Å². The van der Waals surface area contributed by atoms with Gasteiger partial charge in [0.1, 0.15) is 6.04 Å². The van der Waals surface area contributed by atoms with E-state index in [0.29, 0.717) is 11.4 Å². The number of benzene rings is 1. The summed E-state index contributed by atoms with van der Waals surface area (Å²) in [5.41, 5.74) is 1.04. The van der Waals surface area contributed by atoms with Crippen LogP contribution in [0.2, 0.25) is 0 Å². The SMILES string of the molecule is CC(Nc1ccc(NS(C)(=O)=O)cc1)C(=O)O. The van der Waals surface area contributed by atoms with Gasteiger partial charge < -0.3 is 10.4 Å². The van der Waals surface area contributed by atoms with E-state index in [-0.39, 0.29) is 0 Å². The molecule has 1 unspecified atom stereocenters. The number of carboxylic acids is 1. The molecule has 0 aliphatic carbocycles. The van der Waals surface area contributed by atoms with Crippen LogP contribution in [-0.4, -0.2) is 31.8 Å². The van der Waals surface area contributed by atoms with Crippen LogP contribution in [0.4, 0.5) is 11.4 Å². The first-order valence-corrected chi connectivity index (χ1v) is 6.74. The number of nitrogens with one attached hydrogen (secondary N) is 2. The van der Waals surface area contributed by atoms with E-state index in [1.54, 1.807) is 24.3 Å². The maximum atomic E-state index is 10.9. The quantitative estimate of drug-likeness (QED) is 0.730. The first-order valence-electron chi connectivity index (χ1n) is 4.85. The van der Waals surface area contributed by atoms with Gasteiger partial charge in [-0.05, 0) is 31.2 Å². The first-order chi connectivity index (χ1) is 7.78. The van der Waals surface area contributed by atoms with E-state index in [2.05, 4.69) is 10.0 Å².